The largest absolute Gasteiger partial charge is 0.381 e. The molecule has 2 nitrogen and oxygen atoms in total. The summed E-state index contributed by atoms with van der Waals surface area (Å²) in [6, 6.07) is 4.09. The molecule has 0 atom stereocenters. The van der Waals surface area contributed by atoms with Crippen LogP contribution in [0.2, 0.25) is 0 Å². The number of halogens is 2. The van der Waals surface area contributed by atoms with Crippen LogP contribution in [0.5, 0.6) is 0 Å². The molecule has 0 saturated carbocycles. The molecule has 4 heteroatoms. The van der Waals surface area contributed by atoms with Gasteiger partial charge in [0.2, 0.25) is 0 Å². The fourth-order valence-corrected chi connectivity index (χ4v) is 2.72. The molecular formula is C16H23F2NO. The molecule has 1 aliphatic rings. The Labute approximate surface area is 119 Å². The van der Waals surface area contributed by atoms with Crippen LogP contribution in [0.25, 0.3) is 0 Å². The van der Waals surface area contributed by atoms with Crippen LogP contribution >= 0.6 is 0 Å². The van der Waals surface area contributed by atoms with Crippen LogP contribution in [0.1, 0.15) is 32.3 Å². The predicted octanol–water partition coefficient (Wildman–Crippen LogP) is 3.30. The summed E-state index contributed by atoms with van der Waals surface area (Å²) in [5, 5.41) is 3.44. The van der Waals surface area contributed by atoms with E-state index in [1.165, 1.54) is 18.2 Å². The molecule has 0 amide bonds. The minimum atomic E-state index is -0.375. The normalized spacial score (nSPS) is 18.4. The van der Waals surface area contributed by atoms with E-state index < -0.39 is 0 Å². The number of benzene rings is 1. The highest BCUT2D eigenvalue weighted by molar-refractivity contribution is 5.20. The molecule has 1 aromatic carbocycles. The molecule has 1 aliphatic heterocycles. The Balaban J connectivity index is 2.16. The molecule has 0 radical (unpaired) electrons. The fraction of sp³-hybridized carbons (Fsp3) is 0.625. The molecule has 1 saturated heterocycles. The van der Waals surface area contributed by atoms with Crippen LogP contribution in [-0.4, -0.2) is 25.8 Å². The second kappa shape index (κ2) is 6.64. The van der Waals surface area contributed by atoms with E-state index in [9.17, 15) is 8.78 Å². The molecular weight excluding hydrogens is 260 g/mol. The van der Waals surface area contributed by atoms with E-state index in [2.05, 4.69) is 19.2 Å². The molecule has 0 bridgehead atoms. The van der Waals surface area contributed by atoms with Crippen molar-refractivity contribution in [2.75, 3.05) is 19.8 Å². The summed E-state index contributed by atoms with van der Waals surface area (Å²) in [4.78, 5) is 0. The number of rotatable bonds is 5. The van der Waals surface area contributed by atoms with Crippen LogP contribution in [0.4, 0.5) is 8.78 Å². The topological polar surface area (TPSA) is 21.3 Å². The van der Waals surface area contributed by atoms with Crippen LogP contribution in [0.3, 0.4) is 0 Å². The number of hydrogen-bond donors (Lipinski definition) is 1. The maximum atomic E-state index is 13.9. The van der Waals surface area contributed by atoms with Gasteiger partial charge < -0.3 is 10.1 Å². The minimum Gasteiger partial charge on any atom is -0.381 e. The van der Waals surface area contributed by atoms with Crippen molar-refractivity contribution in [2.24, 2.45) is 5.41 Å². The van der Waals surface area contributed by atoms with Gasteiger partial charge in [0, 0.05) is 25.8 Å². The van der Waals surface area contributed by atoms with Crippen molar-refractivity contribution in [3.8, 4) is 0 Å². The van der Waals surface area contributed by atoms with Crippen molar-refractivity contribution in [3.05, 3.63) is 35.4 Å². The Bertz CT molecular complexity index is 442. The molecule has 0 aliphatic carbocycles. The van der Waals surface area contributed by atoms with Crippen molar-refractivity contribution in [1.29, 1.82) is 0 Å². The molecule has 1 fully saturated rings. The molecule has 0 unspecified atom stereocenters. The van der Waals surface area contributed by atoms with Crippen LogP contribution < -0.4 is 5.32 Å². The average molecular weight is 283 g/mol. The first-order chi connectivity index (χ1) is 9.51. The van der Waals surface area contributed by atoms with Gasteiger partial charge in [-0.3, -0.25) is 0 Å². The van der Waals surface area contributed by atoms with Crippen LogP contribution in [0, 0.1) is 17.0 Å². The first-order valence-corrected chi connectivity index (χ1v) is 7.26. The van der Waals surface area contributed by atoms with E-state index in [1.807, 2.05) is 0 Å². The maximum absolute atomic E-state index is 13.9. The summed E-state index contributed by atoms with van der Waals surface area (Å²) in [5.74, 6) is -0.692. The van der Waals surface area contributed by atoms with Crippen molar-refractivity contribution in [3.63, 3.8) is 0 Å². The lowest BCUT2D eigenvalue weighted by molar-refractivity contribution is 0.0137. The zero-order chi connectivity index (χ0) is 14.6. The molecule has 0 aromatic heterocycles. The summed E-state index contributed by atoms with van der Waals surface area (Å²) < 4.78 is 32.6. The third-order valence-electron chi connectivity index (χ3n) is 4.01. The number of hydrogen-bond acceptors (Lipinski definition) is 2. The quantitative estimate of drug-likeness (QED) is 0.895. The third-order valence-corrected chi connectivity index (χ3v) is 4.01. The first-order valence-electron chi connectivity index (χ1n) is 7.26. The highest BCUT2D eigenvalue weighted by Crippen LogP contribution is 2.34. The van der Waals surface area contributed by atoms with Gasteiger partial charge >= 0.3 is 0 Å². The lowest BCUT2D eigenvalue weighted by Crippen LogP contribution is -2.43. The standard InChI is InChI=1S/C16H23F2NO/c1-12(2)19-11-16(5-7-20-8-6-16)10-13-9-14(17)3-4-15(13)18/h3-4,9,12,19H,5-8,10-11H2,1-2H3. The maximum Gasteiger partial charge on any atom is 0.126 e. The Hall–Kier alpha value is -1.00. The van der Waals surface area contributed by atoms with E-state index in [0.717, 1.165) is 19.4 Å². The zero-order valence-electron chi connectivity index (χ0n) is 12.2. The van der Waals surface area contributed by atoms with Gasteiger partial charge in [-0.25, -0.2) is 8.78 Å². The Kier molecular flexibility index (Phi) is 5.11. The van der Waals surface area contributed by atoms with Gasteiger partial charge in [-0.2, -0.15) is 0 Å². The molecule has 1 aromatic rings. The average Bonchev–Trinajstić information content (AvgIpc) is 2.42. The SMILES string of the molecule is CC(C)NCC1(Cc2cc(F)ccc2F)CCOCC1. The second-order valence-corrected chi connectivity index (χ2v) is 6.06. The smallest absolute Gasteiger partial charge is 0.126 e. The lowest BCUT2D eigenvalue weighted by Gasteiger charge is -2.38. The van der Waals surface area contributed by atoms with E-state index in [4.69, 9.17) is 4.74 Å². The van der Waals surface area contributed by atoms with Gasteiger partial charge in [0.25, 0.3) is 0 Å². The zero-order valence-corrected chi connectivity index (χ0v) is 12.2. The Morgan fingerprint density at radius 2 is 1.95 bits per heavy atom. The van der Waals surface area contributed by atoms with Gasteiger partial charge in [-0.05, 0) is 48.4 Å². The predicted molar refractivity (Wildman–Crippen MR) is 75.7 cm³/mol. The Morgan fingerprint density at radius 1 is 1.25 bits per heavy atom. The van der Waals surface area contributed by atoms with Gasteiger partial charge in [0.15, 0.2) is 0 Å². The van der Waals surface area contributed by atoms with Gasteiger partial charge in [-0.15, -0.1) is 0 Å². The first kappa shape index (κ1) is 15.4. The van der Waals surface area contributed by atoms with E-state index in [-0.39, 0.29) is 17.0 Å². The monoisotopic (exact) mass is 283 g/mol. The molecule has 2 rings (SSSR count). The summed E-state index contributed by atoms with van der Waals surface area (Å²) in [6.45, 7) is 6.38. The molecule has 0 spiro atoms. The number of ether oxygens (including phenoxy) is 1. The fourth-order valence-electron chi connectivity index (χ4n) is 2.72. The van der Waals surface area contributed by atoms with Gasteiger partial charge in [0.05, 0.1) is 0 Å². The Morgan fingerprint density at radius 3 is 2.60 bits per heavy atom. The van der Waals surface area contributed by atoms with Crippen molar-refractivity contribution >= 4 is 0 Å². The number of nitrogens with one attached hydrogen (secondary N) is 1. The minimum absolute atomic E-state index is 0.0445. The summed E-state index contributed by atoms with van der Waals surface area (Å²) in [5.41, 5.74) is 0.425. The lowest BCUT2D eigenvalue weighted by atomic mass is 9.75. The molecule has 1 heterocycles. The highest BCUT2D eigenvalue weighted by atomic mass is 19.1. The van der Waals surface area contributed by atoms with Gasteiger partial charge in [0.1, 0.15) is 11.6 Å². The van der Waals surface area contributed by atoms with Crippen molar-refractivity contribution < 1.29 is 13.5 Å². The van der Waals surface area contributed by atoms with E-state index in [1.54, 1.807) is 0 Å². The molecule has 112 valence electrons. The molecule has 20 heavy (non-hydrogen) atoms. The van der Waals surface area contributed by atoms with E-state index >= 15 is 0 Å². The van der Waals surface area contributed by atoms with Crippen molar-refractivity contribution in [1.82, 2.24) is 5.32 Å². The summed E-state index contributed by atoms with van der Waals surface area (Å²) in [7, 11) is 0. The molecule has 1 N–H and O–H groups in total. The van der Waals surface area contributed by atoms with E-state index in [0.29, 0.717) is 31.2 Å². The summed E-state index contributed by atoms with van der Waals surface area (Å²) in [6.07, 6.45) is 2.31. The highest BCUT2D eigenvalue weighted by Gasteiger charge is 2.33. The third kappa shape index (κ3) is 4.00. The van der Waals surface area contributed by atoms with Gasteiger partial charge in [-0.1, -0.05) is 13.8 Å². The second-order valence-electron chi connectivity index (χ2n) is 6.06. The van der Waals surface area contributed by atoms with Crippen LogP contribution in [0.15, 0.2) is 18.2 Å². The summed E-state index contributed by atoms with van der Waals surface area (Å²) >= 11 is 0. The van der Waals surface area contributed by atoms with Crippen molar-refractivity contribution in [2.45, 2.75) is 39.2 Å². The van der Waals surface area contributed by atoms with Crippen LogP contribution in [-0.2, 0) is 11.2 Å².